The summed E-state index contributed by atoms with van der Waals surface area (Å²) in [6.07, 6.45) is 0.0659. The van der Waals surface area contributed by atoms with E-state index in [4.69, 9.17) is 4.42 Å². The maximum Gasteiger partial charge on any atom is 0.405 e. The first kappa shape index (κ1) is 40.8. The lowest BCUT2D eigenvalue weighted by Gasteiger charge is -2.45. The third kappa shape index (κ3) is 9.12. The predicted molar refractivity (Wildman–Crippen MR) is 206 cm³/mol. The minimum Gasteiger partial charge on any atom is -0.444 e. The van der Waals surface area contributed by atoms with Crippen LogP contribution in [0.25, 0.3) is 11.5 Å². The highest BCUT2D eigenvalue weighted by Crippen LogP contribution is 2.36. The topological polar surface area (TPSA) is 171 Å². The molecule has 318 valence electrons. The fourth-order valence-electron chi connectivity index (χ4n) is 8.43. The highest BCUT2D eigenvalue weighted by Gasteiger charge is 2.38. The Bertz CT molecular complexity index is 2210. The number of piperazine rings is 1. The SMILES string of the molecule is O=C1CCC(c2ccc(N3CC(C(=O)N4CCN(C5CCC(n6cc(NC(=O)c7coc(-c8ccnc(NCC(F)(F)F)c8)n7)c(C(F)F)n6)CC5)CC4)C3)cc2)C(=O)N1. The van der Waals surface area contributed by atoms with Crippen LogP contribution in [0.15, 0.2) is 59.5 Å². The van der Waals surface area contributed by atoms with Gasteiger partial charge >= 0.3 is 6.18 Å². The van der Waals surface area contributed by atoms with Gasteiger partial charge in [-0.3, -0.25) is 34.1 Å². The summed E-state index contributed by atoms with van der Waals surface area (Å²) in [6, 6.07) is 10.6. The molecule has 1 saturated carbocycles. The molecule has 4 amide bonds. The molecule has 3 aromatic heterocycles. The van der Waals surface area contributed by atoms with Gasteiger partial charge in [0.1, 0.15) is 18.6 Å². The smallest absolute Gasteiger partial charge is 0.405 e. The van der Waals surface area contributed by atoms with Gasteiger partial charge in [-0.2, -0.15) is 18.3 Å². The molecule has 4 fully saturated rings. The van der Waals surface area contributed by atoms with Crippen molar-refractivity contribution < 1.29 is 45.5 Å². The number of nitrogens with one attached hydrogen (secondary N) is 3. The van der Waals surface area contributed by atoms with Crippen LogP contribution in [-0.4, -0.2) is 111 Å². The third-order valence-electron chi connectivity index (χ3n) is 11.7. The molecular formula is C40H43F5N10O5. The summed E-state index contributed by atoms with van der Waals surface area (Å²) in [6.45, 7) is 2.69. The molecule has 4 aromatic rings. The van der Waals surface area contributed by atoms with Crippen LogP contribution in [-0.2, 0) is 14.4 Å². The van der Waals surface area contributed by atoms with Gasteiger partial charge < -0.3 is 24.9 Å². The first-order valence-corrected chi connectivity index (χ1v) is 19.9. The number of anilines is 3. The van der Waals surface area contributed by atoms with E-state index in [1.807, 2.05) is 29.2 Å². The fourth-order valence-corrected chi connectivity index (χ4v) is 8.43. The third-order valence-corrected chi connectivity index (χ3v) is 11.7. The van der Waals surface area contributed by atoms with Gasteiger partial charge in [-0.25, -0.2) is 18.7 Å². The summed E-state index contributed by atoms with van der Waals surface area (Å²) in [5.74, 6) is -1.77. The molecule has 3 saturated heterocycles. The monoisotopic (exact) mass is 838 g/mol. The van der Waals surface area contributed by atoms with Crippen LogP contribution in [0.2, 0.25) is 0 Å². The quantitative estimate of drug-likeness (QED) is 0.131. The van der Waals surface area contributed by atoms with Crippen LogP contribution in [0.3, 0.4) is 0 Å². The van der Waals surface area contributed by atoms with Crippen molar-refractivity contribution in [2.24, 2.45) is 5.92 Å². The Labute approximate surface area is 340 Å². The van der Waals surface area contributed by atoms with Crippen LogP contribution in [0, 0.1) is 5.92 Å². The Morgan fingerprint density at radius 2 is 1.67 bits per heavy atom. The standard InChI is InChI=1S/C40H43F5N10O5/c41-35(42)34-30(48-37(58)31-21-60-38(49-31)24-11-12-46-32(17-24)47-22-40(43,44)45)20-55(51-34)28-7-5-26(6-8-28)52-13-15-53(16-14-52)39(59)25-18-54(19-25)27-3-1-23(2-4-27)29-9-10-33(56)50-36(29)57/h1-4,11-12,17,20-21,25-26,28-29,35H,5-10,13-16,18-19,22H2,(H,46,47)(H,48,58)(H,50,56,57). The molecule has 20 heteroatoms. The average Bonchev–Trinajstić information content (AvgIpc) is 3.89. The van der Waals surface area contributed by atoms with E-state index < -0.39 is 30.7 Å². The number of pyridine rings is 1. The molecule has 8 rings (SSSR count). The Hall–Kier alpha value is -5.92. The molecule has 3 aliphatic heterocycles. The highest BCUT2D eigenvalue weighted by molar-refractivity contribution is 6.03. The zero-order chi connectivity index (χ0) is 42.1. The number of aromatic nitrogens is 4. The second-order valence-corrected chi connectivity index (χ2v) is 15.6. The number of halogens is 5. The molecule has 15 nitrogen and oxygen atoms in total. The van der Waals surface area contributed by atoms with Gasteiger partial charge in [-0.1, -0.05) is 12.1 Å². The first-order chi connectivity index (χ1) is 28.8. The summed E-state index contributed by atoms with van der Waals surface area (Å²) >= 11 is 0. The van der Waals surface area contributed by atoms with E-state index in [-0.39, 0.29) is 70.3 Å². The number of carbonyl (C=O) groups excluding carboxylic acids is 4. The molecule has 0 spiro atoms. The Morgan fingerprint density at radius 1 is 0.950 bits per heavy atom. The number of rotatable bonds is 11. The summed E-state index contributed by atoms with van der Waals surface area (Å²) in [4.78, 5) is 64.6. The van der Waals surface area contributed by atoms with E-state index in [1.54, 1.807) is 0 Å². The number of piperidine rings is 1. The lowest BCUT2D eigenvalue weighted by atomic mass is 9.89. The van der Waals surface area contributed by atoms with Crippen molar-refractivity contribution in [2.45, 2.75) is 69.1 Å². The molecule has 1 unspecified atom stereocenters. The molecule has 1 aromatic carbocycles. The number of imide groups is 1. The maximum absolute atomic E-state index is 14.1. The summed E-state index contributed by atoms with van der Waals surface area (Å²) in [5.41, 5.74) is 1.13. The van der Waals surface area contributed by atoms with Crippen molar-refractivity contribution in [1.29, 1.82) is 0 Å². The van der Waals surface area contributed by atoms with Crippen molar-refractivity contribution in [3.8, 4) is 11.5 Å². The van der Waals surface area contributed by atoms with Crippen LogP contribution >= 0.6 is 0 Å². The normalized spacial score (nSPS) is 21.8. The number of benzene rings is 1. The summed E-state index contributed by atoms with van der Waals surface area (Å²) in [7, 11) is 0. The molecular weight excluding hydrogens is 795 g/mol. The highest BCUT2D eigenvalue weighted by atomic mass is 19.4. The van der Waals surface area contributed by atoms with Gasteiger partial charge in [0.05, 0.1) is 23.6 Å². The lowest BCUT2D eigenvalue weighted by molar-refractivity contribution is -0.138. The summed E-state index contributed by atoms with van der Waals surface area (Å²) in [5, 5.41) is 11.2. The van der Waals surface area contributed by atoms with E-state index >= 15 is 0 Å². The largest absolute Gasteiger partial charge is 0.444 e. The molecule has 1 aliphatic carbocycles. The molecule has 6 heterocycles. The lowest BCUT2D eigenvalue weighted by Crippen LogP contribution is -2.59. The van der Waals surface area contributed by atoms with Crippen molar-refractivity contribution in [3.63, 3.8) is 0 Å². The molecule has 4 aliphatic rings. The van der Waals surface area contributed by atoms with Crippen LogP contribution in [0.1, 0.15) is 78.7 Å². The zero-order valence-corrected chi connectivity index (χ0v) is 32.3. The number of hydrogen-bond donors (Lipinski definition) is 3. The Morgan fingerprint density at radius 3 is 2.35 bits per heavy atom. The van der Waals surface area contributed by atoms with Crippen LogP contribution in [0.5, 0.6) is 0 Å². The second-order valence-electron chi connectivity index (χ2n) is 15.6. The number of amides is 4. The van der Waals surface area contributed by atoms with Gasteiger partial charge in [0.15, 0.2) is 11.4 Å². The number of oxazole rings is 1. The first-order valence-electron chi connectivity index (χ1n) is 19.9. The number of nitrogens with zero attached hydrogens (tertiary/aromatic N) is 7. The van der Waals surface area contributed by atoms with E-state index in [1.165, 1.54) is 29.2 Å². The molecule has 0 radical (unpaired) electrons. The zero-order valence-electron chi connectivity index (χ0n) is 32.3. The molecule has 3 N–H and O–H groups in total. The van der Waals surface area contributed by atoms with Gasteiger partial charge in [0.25, 0.3) is 12.3 Å². The maximum atomic E-state index is 14.1. The van der Waals surface area contributed by atoms with Crippen molar-refractivity contribution in [1.82, 2.24) is 34.9 Å². The van der Waals surface area contributed by atoms with Gasteiger partial charge in [-0.15, -0.1) is 0 Å². The molecule has 60 heavy (non-hydrogen) atoms. The number of carbonyl (C=O) groups is 4. The predicted octanol–water partition coefficient (Wildman–Crippen LogP) is 5.38. The van der Waals surface area contributed by atoms with E-state index in [9.17, 15) is 41.1 Å². The molecule has 1 atom stereocenters. The Balaban J connectivity index is 0.790. The Kier molecular flexibility index (Phi) is 11.6. The van der Waals surface area contributed by atoms with E-state index in [0.29, 0.717) is 51.9 Å². The minimum absolute atomic E-state index is 0.0774. The summed E-state index contributed by atoms with van der Waals surface area (Å²) < 4.78 is 72.9. The van der Waals surface area contributed by atoms with Crippen molar-refractivity contribution in [2.75, 3.05) is 61.3 Å². The van der Waals surface area contributed by atoms with Gasteiger partial charge in [0.2, 0.25) is 23.6 Å². The van der Waals surface area contributed by atoms with Gasteiger partial charge in [-0.05, 0) is 61.9 Å². The minimum atomic E-state index is -4.46. The molecule has 0 bridgehead atoms. The van der Waals surface area contributed by atoms with Crippen LogP contribution in [0.4, 0.5) is 39.1 Å². The van der Waals surface area contributed by atoms with Crippen LogP contribution < -0.4 is 20.9 Å². The average molecular weight is 839 g/mol. The van der Waals surface area contributed by atoms with E-state index in [2.05, 4.69) is 40.8 Å². The van der Waals surface area contributed by atoms with E-state index in [0.717, 1.165) is 43.4 Å². The fraction of sp³-hybridized carbons (Fsp3) is 0.475. The second kappa shape index (κ2) is 17.0. The number of hydrogen-bond acceptors (Lipinski definition) is 11. The van der Waals surface area contributed by atoms with Crippen molar-refractivity contribution in [3.05, 3.63) is 72.0 Å². The number of alkyl halides is 5. The van der Waals surface area contributed by atoms with Crippen molar-refractivity contribution >= 4 is 40.8 Å². The van der Waals surface area contributed by atoms with Gasteiger partial charge in [0, 0.05) is 75.4 Å².